The maximum absolute atomic E-state index is 13.2. The van der Waals surface area contributed by atoms with Gasteiger partial charge >= 0.3 is 5.97 Å². The third-order valence-corrected chi connectivity index (χ3v) is 5.19. The molecule has 0 fully saturated rings. The van der Waals surface area contributed by atoms with Crippen molar-refractivity contribution in [3.8, 4) is 11.3 Å². The summed E-state index contributed by atoms with van der Waals surface area (Å²) < 4.78 is 6.92. The molecule has 27 heavy (non-hydrogen) atoms. The summed E-state index contributed by atoms with van der Waals surface area (Å²) in [7, 11) is 0. The SMILES string of the molecule is O=C(O)CCn1c(Cc2ccccc2)nc2scc(-c3ccco3)c2c1=O. The summed E-state index contributed by atoms with van der Waals surface area (Å²) in [5.74, 6) is 0.206. The van der Waals surface area contributed by atoms with E-state index in [1.807, 2.05) is 35.7 Å². The second-order valence-electron chi connectivity index (χ2n) is 6.10. The molecule has 0 amide bonds. The van der Waals surface area contributed by atoms with Gasteiger partial charge < -0.3 is 9.52 Å². The minimum absolute atomic E-state index is 0.0761. The molecule has 4 rings (SSSR count). The summed E-state index contributed by atoms with van der Waals surface area (Å²) in [6.45, 7) is 0.0761. The lowest BCUT2D eigenvalue weighted by atomic mass is 10.1. The minimum Gasteiger partial charge on any atom is -0.481 e. The van der Waals surface area contributed by atoms with Gasteiger partial charge in [0, 0.05) is 23.9 Å². The number of nitrogens with zero attached hydrogens (tertiary/aromatic N) is 2. The van der Waals surface area contributed by atoms with Crippen LogP contribution in [0.3, 0.4) is 0 Å². The average Bonchev–Trinajstić information content (AvgIpc) is 3.31. The average molecular weight is 380 g/mol. The number of rotatable bonds is 6. The van der Waals surface area contributed by atoms with Gasteiger partial charge in [-0.1, -0.05) is 30.3 Å². The van der Waals surface area contributed by atoms with E-state index in [9.17, 15) is 9.59 Å². The molecule has 6 nitrogen and oxygen atoms in total. The molecule has 7 heteroatoms. The van der Waals surface area contributed by atoms with Gasteiger partial charge in [-0.05, 0) is 17.7 Å². The Kier molecular flexibility index (Phi) is 4.60. The number of hydrogen-bond donors (Lipinski definition) is 1. The van der Waals surface area contributed by atoms with Gasteiger partial charge in [-0.15, -0.1) is 11.3 Å². The largest absolute Gasteiger partial charge is 0.481 e. The molecule has 0 aliphatic heterocycles. The van der Waals surface area contributed by atoms with E-state index in [1.54, 1.807) is 18.4 Å². The van der Waals surface area contributed by atoms with Crippen LogP contribution >= 0.6 is 11.3 Å². The lowest BCUT2D eigenvalue weighted by Gasteiger charge is -2.12. The Bertz CT molecular complexity index is 1140. The van der Waals surface area contributed by atoms with Crippen molar-refractivity contribution in [1.29, 1.82) is 0 Å². The van der Waals surface area contributed by atoms with E-state index in [1.165, 1.54) is 15.9 Å². The Labute approximate surface area is 158 Å². The van der Waals surface area contributed by atoms with E-state index < -0.39 is 5.97 Å². The number of hydrogen-bond acceptors (Lipinski definition) is 5. The standard InChI is InChI=1S/C20H16N2O4S/c23-17(24)8-9-22-16(11-13-5-2-1-3-6-13)21-19-18(20(22)25)14(12-27-19)15-7-4-10-26-15/h1-7,10,12H,8-9,11H2,(H,23,24). The first-order valence-corrected chi connectivity index (χ1v) is 9.32. The van der Waals surface area contributed by atoms with Gasteiger partial charge in [0.2, 0.25) is 0 Å². The highest BCUT2D eigenvalue weighted by atomic mass is 32.1. The molecule has 136 valence electrons. The van der Waals surface area contributed by atoms with Crippen molar-refractivity contribution < 1.29 is 14.3 Å². The zero-order chi connectivity index (χ0) is 18.8. The number of thiophene rings is 1. The number of aromatic nitrogens is 2. The van der Waals surface area contributed by atoms with Gasteiger partial charge in [0.15, 0.2) is 0 Å². The van der Waals surface area contributed by atoms with Crippen LogP contribution in [0.15, 0.2) is 63.3 Å². The van der Waals surface area contributed by atoms with Crippen LogP contribution in [-0.2, 0) is 17.8 Å². The maximum Gasteiger partial charge on any atom is 0.305 e. The number of carbonyl (C=O) groups is 1. The Morgan fingerprint density at radius 2 is 2.00 bits per heavy atom. The summed E-state index contributed by atoms with van der Waals surface area (Å²) in [5, 5.41) is 11.4. The van der Waals surface area contributed by atoms with Crippen LogP contribution in [0, 0.1) is 0 Å². The highest BCUT2D eigenvalue weighted by Crippen LogP contribution is 2.31. The van der Waals surface area contributed by atoms with Crippen LogP contribution in [-0.4, -0.2) is 20.6 Å². The molecule has 0 aliphatic carbocycles. The number of fused-ring (bicyclic) bond motifs is 1. The molecular formula is C20H16N2O4S. The second kappa shape index (κ2) is 7.20. The first-order chi connectivity index (χ1) is 13.1. The molecule has 0 aliphatic rings. The van der Waals surface area contributed by atoms with E-state index >= 15 is 0 Å². The first kappa shape index (κ1) is 17.2. The van der Waals surface area contributed by atoms with Crippen LogP contribution in [0.4, 0.5) is 0 Å². The van der Waals surface area contributed by atoms with Crippen molar-refractivity contribution in [3.05, 3.63) is 75.8 Å². The lowest BCUT2D eigenvalue weighted by Crippen LogP contribution is -2.26. The fourth-order valence-electron chi connectivity index (χ4n) is 3.03. The summed E-state index contributed by atoms with van der Waals surface area (Å²) >= 11 is 1.38. The van der Waals surface area contributed by atoms with Gasteiger partial charge in [0.1, 0.15) is 16.4 Å². The molecule has 4 aromatic rings. The number of furan rings is 1. The smallest absolute Gasteiger partial charge is 0.305 e. The summed E-state index contributed by atoms with van der Waals surface area (Å²) in [6.07, 6.45) is 1.87. The van der Waals surface area contributed by atoms with Crippen molar-refractivity contribution in [2.75, 3.05) is 0 Å². The van der Waals surface area contributed by atoms with E-state index in [-0.39, 0.29) is 18.5 Å². The third kappa shape index (κ3) is 3.41. The monoisotopic (exact) mass is 380 g/mol. The van der Waals surface area contributed by atoms with Crippen LogP contribution in [0.5, 0.6) is 0 Å². The van der Waals surface area contributed by atoms with Crippen LogP contribution in [0.2, 0.25) is 0 Å². The highest BCUT2D eigenvalue weighted by Gasteiger charge is 2.19. The van der Waals surface area contributed by atoms with E-state index in [4.69, 9.17) is 9.52 Å². The fourth-order valence-corrected chi connectivity index (χ4v) is 3.97. The Hall–Kier alpha value is -3.19. The molecule has 0 atom stereocenters. The summed E-state index contributed by atoms with van der Waals surface area (Å²) in [4.78, 5) is 29.6. The van der Waals surface area contributed by atoms with Crippen molar-refractivity contribution >= 4 is 27.5 Å². The Morgan fingerprint density at radius 3 is 2.70 bits per heavy atom. The summed E-state index contributed by atoms with van der Waals surface area (Å²) in [5.41, 5.74) is 1.46. The van der Waals surface area contributed by atoms with E-state index in [0.717, 1.165) is 5.56 Å². The highest BCUT2D eigenvalue weighted by molar-refractivity contribution is 7.17. The predicted octanol–water partition coefficient (Wildman–Crippen LogP) is 3.78. The topological polar surface area (TPSA) is 85.3 Å². The molecule has 0 unspecified atom stereocenters. The quantitative estimate of drug-likeness (QED) is 0.550. The van der Waals surface area contributed by atoms with Gasteiger partial charge in [-0.2, -0.15) is 0 Å². The number of benzene rings is 1. The van der Waals surface area contributed by atoms with E-state index in [0.29, 0.717) is 33.8 Å². The Balaban J connectivity index is 1.87. The summed E-state index contributed by atoms with van der Waals surface area (Å²) in [6, 6.07) is 13.2. The molecule has 0 radical (unpaired) electrons. The zero-order valence-electron chi connectivity index (χ0n) is 14.3. The number of carboxylic acid groups (broad SMARTS) is 1. The van der Waals surface area contributed by atoms with Gasteiger partial charge in [0.05, 0.1) is 18.1 Å². The molecule has 0 bridgehead atoms. The van der Waals surface area contributed by atoms with Crippen LogP contribution < -0.4 is 5.56 Å². The van der Waals surface area contributed by atoms with Crippen molar-refractivity contribution in [1.82, 2.24) is 9.55 Å². The Morgan fingerprint density at radius 1 is 1.19 bits per heavy atom. The molecular weight excluding hydrogens is 364 g/mol. The molecule has 0 saturated heterocycles. The fraction of sp³-hybridized carbons (Fsp3) is 0.150. The van der Waals surface area contributed by atoms with Gasteiger partial charge in [0.25, 0.3) is 5.56 Å². The molecule has 3 aromatic heterocycles. The maximum atomic E-state index is 13.2. The number of aliphatic carboxylic acids is 1. The molecule has 1 aromatic carbocycles. The third-order valence-electron chi connectivity index (χ3n) is 4.31. The zero-order valence-corrected chi connectivity index (χ0v) is 15.1. The van der Waals surface area contributed by atoms with Crippen LogP contribution in [0.1, 0.15) is 17.8 Å². The van der Waals surface area contributed by atoms with Gasteiger partial charge in [-0.25, -0.2) is 4.98 Å². The lowest BCUT2D eigenvalue weighted by molar-refractivity contribution is -0.137. The normalized spacial score (nSPS) is 11.1. The molecule has 1 N–H and O–H groups in total. The van der Waals surface area contributed by atoms with E-state index in [2.05, 4.69) is 4.98 Å². The van der Waals surface area contributed by atoms with Crippen LogP contribution in [0.25, 0.3) is 21.5 Å². The molecule has 3 heterocycles. The minimum atomic E-state index is -0.954. The number of carboxylic acids is 1. The van der Waals surface area contributed by atoms with Crippen molar-refractivity contribution in [2.24, 2.45) is 0 Å². The van der Waals surface area contributed by atoms with Gasteiger partial charge in [-0.3, -0.25) is 14.2 Å². The predicted molar refractivity (Wildman–Crippen MR) is 103 cm³/mol. The van der Waals surface area contributed by atoms with Crippen molar-refractivity contribution in [3.63, 3.8) is 0 Å². The molecule has 0 spiro atoms. The van der Waals surface area contributed by atoms with Crippen molar-refractivity contribution in [2.45, 2.75) is 19.4 Å². The second-order valence-corrected chi connectivity index (χ2v) is 6.96. The first-order valence-electron chi connectivity index (χ1n) is 8.44. The molecule has 0 saturated carbocycles.